The summed E-state index contributed by atoms with van der Waals surface area (Å²) in [5.74, 6) is 0.729. The molecule has 104 valence electrons. The van der Waals surface area contributed by atoms with Crippen LogP contribution in [0.2, 0.25) is 0 Å². The summed E-state index contributed by atoms with van der Waals surface area (Å²) in [5.41, 5.74) is 0.832. The molecule has 2 aliphatic rings. The van der Waals surface area contributed by atoms with Gasteiger partial charge in [-0.05, 0) is 63.2 Å². The first-order valence-electron chi connectivity index (χ1n) is 7.50. The van der Waals surface area contributed by atoms with E-state index in [2.05, 4.69) is 15.2 Å². The molecule has 0 spiro atoms. The third-order valence-corrected chi connectivity index (χ3v) is 4.49. The zero-order chi connectivity index (χ0) is 13.1. The highest BCUT2D eigenvalue weighted by Gasteiger charge is 2.23. The van der Waals surface area contributed by atoms with Gasteiger partial charge in [-0.25, -0.2) is 0 Å². The van der Waals surface area contributed by atoms with Crippen molar-refractivity contribution >= 4 is 5.91 Å². The van der Waals surface area contributed by atoms with Crippen LogP contribution in [0.4, 0.5) is 0 Å². The number of amides is 1. The molecular weight excluding hydrogens is 238 g/mol. The van der Waals surface area contributed by atoms with E-state index in [0.717, 1.165) is 25.3 Å². The summed E-state index contributed by atoms with van der Waals surface area (Å²) >= 11 is 0. The van der Waals surface area contributed by atoms with Crippen LogP contribution in [-0.4, -0.2) is 30.1 Å². The van der Waals surface area contributed by atoms with Gasteiger partial charge < -0.3 is 15.2 Å². The lowest BCUT2D eigenvalue weighted by atomic mass is 9.93. The van der Waals surface area contributed by atoms with E-state index in [4.69, 9.17) is 0 Å². The van der Waals surface area contributed by atoms with E-state index in [1.54, 1.807) is 0 Å². The molecule has 0 aromatic carbocycles. The lowest BCUT2D eigenvalue weighted by molar-refractivity contribution is 0.0929. The molecule has 2 fully saturated rings. The predicted octanol–water partition coefficient (Wildman–Crippen LogP) is 1.94. The molecule has 3 rings (SSSR count). The van der Waals surface area contributed by atoms with Gasteiger partial charge >= 0.3 is 0 Å². The number of nitrogens with one attached hydrogen (secondary N) is 2. The highest BCUT2D eigenvalue weighted by molar-refractivity contribution is 5.92. The van der Waals surface area contributed by atoms with Gasteiger partial charge in [0.1, 0.15) is 5.69 Å². The van der Waals surface area contributed by atoms with Crippen LogP contribution < -0.4 is 10.6 Å². The largest absolute Gasteiger partial charge is 0.350 e. The Morgan fingerprint density at radius 2 is 2.11 bits per heavy atom. The first kappa shape index (κ1) is 12.7. The fourth-order valence-corrected chi connectivity index (χ4v) is 2.98. The number of rotatable bonds is 4. The number of carbonyl (C=O) groups excluding carboxylic acids is 1. The molecule has 1 saturated heterocycles. The molecule has 19 heavy (non-hydrogen) atoms. The molecule has 0 radical (unpaired) electrons. The van der Waals surface area contributed by atoms with Gasteiger partial charge in [-0.15, -0.1) is 0 Å². The summed E-state index contributed by atoms with van der Waals surface area (Å²) in [5, 5.41) is 6.46. The SMILES string of the molecule is O=C(NCC1CCNCC1)c1cccn1C1CCC1. The van der Waals surface area contributed by atoms with Crippen LogP contribution in [0.3, 0.4) is 0 Å². The Bertz CT molecular complexity index is 430. The van der Waals surface area contributed by atoms with Gasteiger partial charge in [-0.3, -0.25) is 4.79 Å². The van der Waals surface area contributed by atoms with Crippen LogP contribution in [0.25, 0.3) is 0 Å². The second kappa shape index (κ2) is 5.78. The third-order valence-electron chi connectivity index (χ3n) is 4.49. The summed E-state index contributed by atoms with van der Waals surface area (Å²) in [6, 6.07) is 4.48. The normalized spacial score (nSPS) is 21.1. The lowest BCUT2D eigenvalue weighted by Gasteiger charge is -2.29. The lowest BCUT2D eigenvalue weighted by Crippen LogP contribution is -2.37. The number of hydrogen-bond acceptors (Lipinski definition) is 2. The fraction of sp³-hybridized carbons (Fsp3) is 0.667. The average molecular weight is 261 g/mol. The standard InChI is InChI=1S/C15H23N3O/c19-15(17-11-12-6-8-16-9-7-12)14-5-2-10-18(14)13-3-1-4-13/h2,5,10,12-13,16H,1,3-4,6-9,11H2,(H,17,19). The number of aromatic nitrogens is 1. The van der Waals surface area contributed by atoms with Crippen LogP contribution >= 0.6 is 0 Å². The fourth-order valence-electron chi connectivity index (χ4n) is 2.98. The predicted molar refractivity (Wildman–Crippen MR) is 75.2 cm³/mol. The van der Waals surface area contributed by atoms with Crippen LogP contribution in [0.5, 0.6) is 0 Å². The Morgan fingerprint density at radius 3 is 2.79 bits per heavy atom. The van der Waals surface area contributed by atoms with Gasteiger partial charge in [-0.1, -0.05) is 0 Å². The number of hydrogen-bond donors (Lipinski definition) is 2. The van der Waals surface area contributed by atoms with Crippen molar-refractivity contribution in [3.05, 3.63) is 24.0 Å². The summed E-state index contributed by atoms with van der Waals surface area (Å²) in [4.78, 5) is 12.3. The maximum Gasteiger partial charge on any atom is 0.267 e. The van der Waals surface area contributed by atoms with Gasteiger partial charge in [0.25, 0.3) is 5.91 Å². The van der Waals surface area contributed by atoms with Crippen molar-refractivity contribution in [2.45, 2.75) is 38.1 Å². The Labute approximate surface area is 114 Å². The molecule has 0 bridgehead atoms. The van der Waals surface area contributed by atoms with E-state index in [-0.39, 0.29) is 5.91 Å². The highest BCUT2D eigenvalue weighted by atomic mass is 16.1. The first-order chi connectivity index (χ1) is 9.34. The Balaban J connectivity index is 1.56. The molecule has 4 heteroatoms. The van der Waals surface area contributed by atoms with E-state index in [1.165, 1.54) is 32.1 Å². The van der Waals surface area contributed by atoms with E-state index >= 15 is 0 Å². The Kier molecular flexibility index (Phi) is 3.87. The van der Waals surface area contributed by atoms with Crippen molar-refractivity contribution in [2.75, 3.05) is 19.6 Å². The number of nitrogens with zero attached hydrogens (tertiary/aromatic N) is 1. The van der Waals surface area contributed by atoms with Crippen LogP contribution in [-0.2, 0) is 0 Å². The molecule has 2 N–H and O–H groups in total. The minimum Gasteiger partial charge on any atom is -0.350 e. The Morgan fingerprint density at radius 1 is 1.32 bits per heavy atom. The minimum atomic E-state index is 0.0930. The van der Waals surface area contributed by atoms with Crippen LogP contribution in [0.1, 0.15) is 48.6 Å². The third kappa shape index (κ3) is 2.84. The minimum absolute atomic E-state index is 0.0930. The van der Waals surface area contributed by atoms with Gasteiger partial charge in [0, 0.05) is 18.8 Å². The van der Waals surface area contributed by atoms with Gasteiger partial charge in [0.15, 0.2) is 0 Å². The van der Waals surface area contributed by atoms with Crippen LogP contribution in [0, 0.1) is 5.92 Å². The summed E-state index contributed by atoms with van der Waals surface area (Å²) in [6.07, 6.45) is 8.10. The van der Waals surface area contributed by atoms with Crippen molar-refractivity contribution in [3.63, 3.8) is 0 Å². The smallest absolute Gasteiger partial charge is 0.267 e. The topological polar surface area (TPSA) is 46.1 Å². The molecule has 0 atom stereocenters. The van der Waals surface area contributed by atoms with Crippen molar-refractivity contribution in [3.8, 4) is 0 Å². The van der Waals surface area contributed by atoms with E-state index < -0.39 is 0 Å². The highest BCUT2D eigenvalue weighted by Crippen LogP contribution is 2.32. The average Bonchev–Trinajstić information content (AvgIpc) is 2.84. The van der Waals surface area contributed by atoms with Gasteiger partial charge in [0.2, 0.25) is 0 Å². The quantitative estimate of drug-likeness (QED) is 0.870. The number of piperidine rings is 1. The summed E-state index contributed by atoms with van der Waals surface area (Å²) < 4.78 is 2.15. The molecule has 1 aliphatic carbocycles. The number of carbonyl (C=O) groups is 1. The molecule has 1 aromatic rings. The first-order valence-corrected chi connectivity index (χ1v) is 7.50. The Hall–Kier alpha value is -1.29. The van der Waals surface area contributed by atoms with Crippen molar-refractivity contribution in [2.24, 2.45) is 5.92 Å². The van der Waals surface area contributed by atoms with Crippen molar-refractivity contribution in [1.29, 1.82) is 0 Å². The second-order valence-electron chi connectivity index (χ2n) is 5.79. The molecule has 4 nitrogen and oxygen atoms in total. The second-order valence-corrected chi connectivity index (χ2v) is 5.79. The molecule has 1 saturated carbocycles. The van der Waals surface area contributed by atoms with E-state index in [0.29, 0.717) is 12.0 Å². The van der Waals surface area contributed by atoms with E-state index in [9.17, 15) is 4.79 Å². The van der Waals surface area contributed by atoms with Crippen molar-refractivity contribution < 1.29 is 4.79 Å². The summed E-state index contributed by atoms with van der Waals surface area (Å²) in [6.45, 7) is 2.98. The maximum atomic E-state index is 12.3. The zero-order valence-corrected chi connectivity index (χ0v) is 11.4. The molecule has 1 aliphatic heterocycles. The molecule has 2 heterocycles. The molecule has 1 aromatic heterocycles. The monoisotopic (exact) mass is 261 g/mol. The van der Waals surface area contributed by atoms with Gasteiger partial charge in [0.05, 0.1) is 0 Å². The zero-order valence-electron chi connectivity index (χ0n) is 11.4. The van der Waals surface area contributed by atoms with Crippen LogP contribution in [0.15, 0.2) is 18.3 Å². The maximum absolute atomic E-state index is 12.3. The van der Waals surface area contributed by atoms with Crippen molar-refractivity contribution in [1.82, 2.24) is 15.2 Å². The van der Waals surface area contributed by atoms with E-state index in [1.807, 2.05) is 18.3 Å². The van der Waals surface area contributed by atoms with Gasteiger partial charge in [-0.2, -0.15) is 0 Å². The summed E-state index contributed by atoms with van der Waals surface area (Å²) in [7, 11) is 0. The molecule has 1 amide bonds. The molecular formula is C15H23N3O. The molecule has 0 unspecified atom stereocenters.